The van der Waals surface area contributed by atoms with Gasteiger partial charge in [-0.25, -0.2) is 9.97 Å². The van der Waals surface area contributed by atoms with Crippen molar-refractivity contribution in [1.29, 1.82) is 0 Å². The summed E-state index contributed by atoms with van der Waals surface area (Å²) in [6.07, 6.45) is 4.60. The van der Waals surface area contributed by atoms with E-state index in [9.17, 15) is 0 Å². The van der Waals surface area contributed by atoms with Gasteiger partial charge in [0.1, 0.15) is 5.84 Å². The van der Waals surface area contributed by atoms with E-state index in [0.717, 1.165) is 24.5 Å². The molecule has 2 rings (SSSR count). The van der Waals surface area contributed by atoms with Gasteiger partial charge in [-0.1, -0.05) is 5.16 Å². The summed E-state index contributed by atoms with van der Waals surface area (Å²) >= 11 is 0. The fraction of sp³-hybridized carbons (Fsp3) is 0.545. The van der Waals surface area contributed by atoms with Gasteiger partial charge in [0.05, 0.1) is 0 Å². The van der Waals surface area contributed by atoms with Crippen LogP contribution in [0.5, 0.6) is 0 Å². The first-order valence-corrected chi connectivity index (χ1v) is 5.73. The minimum atomic E-state index is 0.239. The molecule has 0 aliphatic heterocycles. The van der Waals surface area contributed by atoms with Crippen molar-refractivity contribution in [2.75, 3.05) is 11.4 Å². The lowest BCUT2D eigenvalue weighted by molar-refractivity contribution is 0.317. The molecule has 0 radical (unpaired) electrons. The number of aryl methyl sites for hydroxylation is 1. The first-order chi connectivity index (χ1) is 8.20. The lowest BCUT2D eigenvalue weighted by Gasteiger charge is -2.21. The maximum atomic E-state index is 8.53. The van der Waals surface area contributed by atoms with E-state index < -0.39 is 0 Å². The summed E-state index contributed by atoms with van der Waals surface area (Å²) in [4.78, 5) is 10.8. The largest absolute Gasteiger partial charge is 0.409 e. The molecule has 0 spiro atoms. The van der Waals surface area contributed by atoms with E-state index >= 15 is 0 Å². The lowest BCUT2D eigenvalue weighted by atomic mass is 10.3. The SMILES string of the molecule is Cc1ccnc(N(CCC(N)=NO)C2CC2)n1. The topological polar surface area (TPSA) is 87.6 Å². The molecule has 1 heterocycles. The summed E-state index contributed by atoms with van der Waals surface area (Å²) in [7, 11) is 0. The Balaban J connectivity index is 2.07. The van der Waals surface area contributed by atoms with Gasteiger partial charge in [0, 0.05) is 30.9 Å². The quantitative estimate of drug-likeness (QED) is 0.342. The maximum absolute atomic E-state index is 8.53. The van der Waals surface area contributed by atoms with Crippen molar-refractivity contribution in [1.82, 2.24) is 9.97 Å². The summed E-state index contributed by atoms with van der Waals surface area (Å²) in [5.74, 6) is 0.974. The third-order valence-corrected chi connectivity index (χ3v) is 2.76. The Hall–Kier alpha value is -1.85. The summed E-state index contributed by atoms with van der Waals surface area (Å²) in [6.45, 7) is 2.63. The highest BCUT2D eigenvalue weighted by molar-refractivity contribution is 5.80. The summed E-state index contributed by atoms with van der Waals surface area (Å²) in [6, 6.07) is 2.38. The van der Waals surface area contributed by atoms with Gasteiger partial charge in [0.25, 0.3) is 0 Å². The average Bonchev–Trinajstić information content (AvgIpc) is 3.13. The van der Waals surface area contributed by atoms with Crippen LogP contribution in [0.2, 0.25) is 0 Å². The van der Waals surface area contributed by atoms with Crippen LogP contribution in [0.3, 0.4) is 0 Å². The van der Waals surface area contributed by atoms with Crippen molar-refractivity contribution in [3.05, 3.63) is 18.0 Å². The number of nitrogens with zero attached hydrogens (tertiary/aromatic N) is 4. The predicted octanol–water partition coefficient (Wildman–Crippen LogP) is 0.890. The monoisotopic (exact) mass is 235 g/mol. The number of hydrogen-bond acceptors (Lipinski definition) is 5. The molecule has 1 saturated carbocycles. The molecule has 1 aliphatic carbocycles. The smallest absolute Gasteiger partial charge is 0.225 e. The zero-order chi connectivity index (χ0) is 12.3. The van der Waals surface area contributed by atoms with E-state index in [2.05, 4.69) is 20.0 Å². The molecule has 6 nitrogen and oxygen atoms in total. The minimum absolute atomic E-state index is 0.239. The van der Waals surface area contributed by atoms with Gasteiger partial charge in [0.2, 0.25) is 5.95 Å². The molecule has 0 bridgehead atoms. The van der Waals surface area contributed by atoms with Crippen molar-refractivity contribution in [3.8, 4) is 0 Å². The number of hydrogen-bond donors (Lipinski definition) is 2. The van der Waals surface area contributed by atoms with E-state index in [1.54, 1.807) is 6.20 Å². The van der Waals surface area contributed by atoms with Crippen molar-refractivity contribution < 1.29 is 5.21 Å². The van der Waals surface area contributed by atoms with Gasteiger partial charge >= 0.3 is 0 Å². The normalized spacial score (nSPS) is 15.9. The van der Waals surface area contributed by atoms with Crippen molar-refractivity contribution in [2.45, 2.75) is 32.2 Å². The molecule has 1 aromatic heterocycles. The van der Waals surface area contributed by atoms with Gasteiger partial charge in [-0.15, -0.1) is 0 Å². The average molecular weight is 235 g/mol. The number of rotatable bonds is 5. The Bertz CT molecular complexity index is 416. The van der Waals surface area contributed by atoms with Gasteiger partial charge in [0.15, 0.2) is 0 Å². The standard InChI is InChI=1S/C11H17N5O/c1-8-4-6-13-11(14-8)16(9-2-3-9)7-5-10(12)15-17/h4,6,9,17H,2-3,5,7H2,1H3,(H2,12,15). The minimum Gasteiger partial charge on any atom is -0.409 e. The molecule has 6 heteroatoms. The highest BCUT2D eigenvalue weighted by Crippen LogP contribution is 2.29. The third kappa shape index (κ3) is 3.05. The second-order valence-electron chi connectivity index (χ2n) is 4.26. The fourth-order valence-corrected chi connectivity index (χ4v) is 1.69. The first-order valence-electron chi connectivity index (χ1n) is 5.73. The number of oxime groups is 1. The molecular formula is C11H17N5O. The van der Waals surface area contributed by atoms with Crippen LogP contribution in [-0.2, 0) is 0 Å². The van der Waals surface area contributed by atoms with Crippen molar-refractivity contribution in [2.24, 2.45) is 10.9 Å². The zero-order valence-corrected chi connectivity index (χ0v) is 9.87. The molecule has 3 N–H and O–H groups in total. The Morgan fingerprint density at radius 2 is 2.41 bits per heavy atom. The van der Waals surface area contributed by atoms with Crippen LogP contribution >= 0.6 is 0 Å². The lowest BCUT2D eigenvalue weighted by Crippen LogP contribution is -2.31. The summed E-state index contributed by atoms with van der Waals surface area (Å²) in [5, 5.41) is 11.5. The highest BCUT2D eigenvalue weighted by atomic mass is 16.4. The van der Waals surface area contributed by atoms with E-state index in [1.807, 2.05) is 13.0 Å². The van der Waals surface area contributed by atoms with E-state index in [-0.39, 0.29) is 5.84 Å². The molecule has 1 aliphatic rings. The van der Waals surface area contributed by atoms with Crippen LogP contribution in [0, 0.1) is 6.92 Å². The van der Waals surface area contributed by atoms with Crippen LogP contribution in [-0.4, -0.2) is 33.6 Å². The maximum Gasteiger partial charge on any atom is 0.225 e. The van der Waals surface area contributed by atoms with Crippen LogP contribution < -0.4 is 10.6 Å². The zero-order valence-electron chi connectivity index (χ0n) is 9.87. The van der Waals surface area contributed by atoms with Crippen LogP contribution in [0.25, 0.3) is 0 Å². The number of amidine groups is 1. The Morgan fingerprint density at radius 3 is 3.00 bits per heavy atom. The molecular weight excluding hydrogens is 218 g/mol. The molecule has 0 aromatic carbocycles. The van der Waals surface area contributed by atoms with Gasteiger partial charge in [-0.3, -0.25) is 0 Å². The van der Waals surface area contributed by atoms with Crippen molar-refractivity contribution >= 4 is 11.8 Å². The second-order valence-corrected chi connectivity index (χ2v) is 4.26. The molecule has 0 saturated heterocycles. The molecule has 17 heavy (non-hydrogen) atoms. The van der Waals surface area contributed by atoms with E-state index in [0.29, 0.717) is 19.0 Å². The molecule has 0 amide bonds. The molecule has 1 fully saturated rings. The molecule has 0 atom stereocenters. The Kier molecular flexibility index (Phi) is 3.41. The molecule has 92 valence electrons. The fourth-order valence-electron chi connectivity index (χ4n) is 1.69. The second kappa shape index (κ2) is 4.99. The van der Waals surface area contributed by atoms with E-state index in [1.165, 1.54) is 0 Å². The van der Waals surface area contributed by atoms with E-state index in [4.69, 9.17) is 10.9 Å². The predicted molar refractivity (Wildman–Crippen MR) is 65.2 cm³/mol. The summed E-state index contributed by atoms with van der Waals surface area (Å²) in [5.41, 5.74) is 6.43. The van der Waals surface area contributed by atoms with Gasteiger partial charge in [-0.05, 0) is 25.8 Å². The van der Waals surface area contributed by atoms with Crippen molar-refractivity contribution in [3.63, 3.8) is 0 Å². The Labute approximate surface area is 100 Å². The molecule has 0 unspecified atom stereocenters. The number of anilines is 1. The Morgan fingerprint density at radius 1 is 1.65 bits per heavy atom. The summed E-state index contributed by atoms with van der Waals surface area (Å²) < 4.78 is 0. The number of aromatic nitrogens is 2. The van der Waals surface area contributed by atoms with Crippen LogP contribution in [0.4, 0.5) is 5.95 Å². The van der Waals surface area contributed by atoms with Crippen LogP contribution in [0.15, 0.2) is 17.4 Å². The molecule has 1 aromatic rings. The van der Waals surface area contributed by atoms with Gasteiger partial charge < -0.3 is 15.8 Å². The van der Waals surface area contributed by atoms with Gasteiger partial charge in [-0.2, -0.15) is 0 Å². The third-order valence-electron chi connectivity index (χ3n) is 2.76. The highest BCUT2D eigenvalue weighted by Gasteiger charge is 2.30. The van der Waals surface area contributed by atoms with Crippen LogP contribution in [0.1, 0.15) is 25.0 Å². The number of nitrogens with two attached hydrogens (primary N) is 1. The first kappa shape index (κ1) is 11.6.